The van der Waals surface area contributed by atoms with Crippen LogP contribution in [0.2, 0.25) is 0 Å². The summed E-state index contributed by atoms with van der Waals surface area (Å²) in [6, 6.07) is 24.4. The van der Waals surface area contributed by atoms with Crippen LogP contribution in [-0.4, -0.2) is 34.2 Å². The Balaban J connectivity index is 0.00000162. The van der Waals surface area contributed by atoms with Gasteiger partial charge in [-0.3, -0.25) is 9.59 Å². The van der Waals surface area contributed by atoms with Gasteiger partial charge in [-0.15, -0.1) is 11.6 Å². The zero-order valence-corrected chi connectivity index (χ0v) is 25.1. The van der Waals surface area contributed by atoms with Crippen molar-refractivity contribution in [2.24, 2.45) is 11.3 Å². The molecule has 0 saturated heterocycles. The molecule has 1 saturated carbocycles. The number of hydrogen-bond acceptors (Lipinski definition) is 4. The summed E-state index contributed by atoms with van der Waals surface area (Å²) in [5.74, 6) is -0.799. The van der Waals surface area contributed by atoms with E-state index < -0.39 is 23.2 Å². The summed E-state index contributed by atoms with van der Waals surface area (Å²) in [6.45, 7) is 6.36. The number of nitrogens with zero attached hydrogens (tertiary/aromatic N) is 1. The third-order valence-electron chi connectivity index (χ3n) is 8.26. The van der Waals surface area contributed by atoms with Crippen LogP contribution < -0.4 is 0 Å². The van der Waals surface area contributed by atoms with E-state index in [4.69, 9.17) is 21.2 Å². The van der Waals surface area contributed by atoms with Crippen molar-refractivity contribution in [2.45, 2.75) is 64.2 Å². The van der Waals surface area contributed by atoms with Gasteiger partial charge in [0, 0.05) is 18.9 Å². The lowest BCUT2D eigenvalue weighted by Gasteiger charge is -2.57. The van der Waals surface area contributed by atoms with Crippen LogP contribution in [0.1, 0.15) is 68.2 Å². The van der Waals surface area contributed by atoms with Crippen LogP contribution in [0.5, 0.6) is 0 Å². The predicted octanol–water partition coefficient (Wildman–Crippen LogP) is 7.68. The Morgan fingerprint density at radius 3 is 1.74 bits per heavy atom. The van der Waals surface area contributed by atoms with Gasteiger partial charge in [0.05, 0.1) is 5.56 Å². The van der Waals surface area contributed by atoms with E-state index in [1.165, 1.54) is 17.0 Å². The molecule has 0 atom stereocenters. The van der Waals surface area contributed by atoms with E-state index in [1.54, 1.807) is 0 Å². The number of carbonyl (C=O) groups is 2. The van der Waals surface area contributed by atoms with Gasteiger partial charge in [0.1, 0.15) is 11.4 Å². The van der Waals surface area contributed by atoms with Crippen molar-refractivity contribution in [3.63, 3.8) is 0 Å². The number of rotatable bonds is 9. The van der Waals surface area contributed by atoms with Crippen molar-refractivity contribution in [2.75, 3.05) is 5.88 Å². The number of ketones is 1. The molecule has 1 aliphatic carbocycles. The summed E-state index contributed by atoms with van der Waals surface area (Å²) in [5, 5.41) is 0. The van der Waals surface area contributed by atoms with E-state index in [1.807, 2.05) is 60.7 Å². The van der Waals surface area contributed by atoms with Crippen molar-refractivity contribution in [3.8, 4) is 0 Å². The molecular weight excluding hydrogens is 579 g/mol. The maximum Gasteiger partial charge on any atom is 0.416 e. The second-order valence-electron chi connectivity index (χ2n) is 11.9. The minimum absolute atomic E-state index is 0.00757. The largest absolute Gasteiger partial charge is 0.416 e. The fourth-order valence-corrected chi connectivity index (χ4v) is 5.82. The van der Waals surface area contributed by atoms with E-state index in [0.717, 1.165) is 23.3 Å². The van der Waals surface area contributed by atoms with Crippen LogP contribution in [0.3, 0.4) is 0 Å². The van der Waals surface area contributed by atoms with Gasteiger partial charge in [-0.2, -0.15) is 22.8 Å². The molecular formula is C34H35ClF3NO4. The molecule has 1 aliphatic rings. The van der Waals surface area contributed by atoms with Crippen LogP contribution in [-0.2, 0) is 31.9 Å². The number of halogens is 4. The third-order valence-corrected chi connectivity index (χ3v) is 8.49. The smallest absolute Gasteiger partial charge is 0.325 e. The maximum atomic E-state index is 14.4. The normalized spacial score (nSPS) is 18.1. The first-order valence-electron chi connectivity index (χ1n) is 13.9. The van der Waals surface area contributed by atoms with Crippen LogP contribution in [0.4, 0.5) is 13.2 Å². The summed E-state index contributed by atoms with van der Waals surface area (Å²) in [5.41, 5.74) is 0.590. The molecule has 0 radical (unpaired) electrons. The lowest BCUT2D eigenvalue weighted by Crippen LogP contribution is -2.66. The topological polar surface area (TPSA) is 71.5 Å². The van der Waals surface area contributed by atoms with Crippen LogP contribution >= 0.6 is 11.6 Å². The Labute approximate surface area is 255 Å². The average molecular weight is 614 g/mol. The Hall–Kier alpha value is -3.74. The molecule has 43 heavy (non-hydrogen) atoms. The van der Waals surface area contributed by atoms with Crippen molar-refractivity contribution >= 4 is 29.4 Å². The first kappa shape index (κ1) is 33.8. The highest BCUT2D eigenvalue weighted by Crippen LogP contribution is 2.53. The van der Waals surface area contributed by atoms with Crippen LogP contribution in [0.15, 0.2) is 84.9 Å². The highest BCUT2D eigenvalue weighted by atomic mass is 35.5. The molecule has 0 spiro atoms. The first-order chi connectivity index (χ1) is 20.3. The number of alkyl halides is 4. The molecule has 4 rings (SSSR count). The Bertz CT molecular complexity index is 1350. The van der Waals surface area contributed by atoms with Crippen molar-refractivity contribution in [1.29, 1.82) is 0 Å². The molecule has 0 aliphatic heterocycles. The number of carbonyl (C=O) groups excluding carboxylic acids is 4. The molecule has 1 amide bonds. The molecule has 0 unspecified atom stereocenters. The number of amides is 1. The third kappa shape index (κ3) is 8.21. The maximum absolute atomic E-state index is 14.4. The lowest BCUT2D eigenvalue weighted by atomic mass is 9.56. The SMILES string of the molecule is CC(C)(C)C1CC(C(=O)CC(c2ccccc2)c2ccccc2)(N(Cc2ccc(C(F)(F)F)cc2)C(=O)CCl)C1.O=C=O. The summed E-state index contributed by atoms with van der Waals surface area (Å²) >= 11 is 6.06. The van der Waals surface area contributed by atoms with Gasteiger partial charge in [0.15, 0.2) is 5.78 Å². The van der Waals surface area contributed by atoms with Gasteiger partial charge in [-0.1, -0.05) is 93.6 Å². The second-order valence-corrected chi connectivity index (χ2v) is 12.2. The Morgan fingerprint density at radius 1 is 0.884 bits per heavy atom. The summed E-state index contributed by atoms with van der Waals surface area (Å²) in [7, 11) is 0. The fourth-order valence-electron chi connectivity index (χ4n) is 5.67. The molecule has 1 fully saturated rings. The summed E-state index contributed by atoms with van der Waals surface area (Å²) < 4.78 is 39.5. The molecule has 5 nitrogen and oxygen atoms in total. The lowest BCUT2D eigenvalue weighted by molar-refractivity contribution is -0.191. The van der Waals surface area contributed by atoms with E-state index >= 15 is 0 Å². The van der Waals surface area contributed by atoms with E-state index in [0.29, 0.717) is 18.4 Å². The average Bonchev–Trinajstić information content (AvgIpc) is 2.95. The van der Waals surface area contributed by atoms with Gasteiger partial charge in [0.2, 0.25) is 5.91 Å². The zero-order chi connectivity index (χ0) is 31.8. The Kier molecular flexibility index (Phi) is 11.1. The standard InChI is InChI=1S/C33H35ClF3NO2.CO2/c1-31(2,3)27-19-32(20-27,38(30(40)21-34)22-23-14-16-26(17-15-23)33(35,36)37)29(39)18-28(24-10-6-4-7-11-24)25-12-8-5-9-13-25;2-1-3/h4-17,27-28H,18-22H2,1-3H3;. The van der Waals surface area contributed by atoms with Gasteiger partial charge in [-0.05, 0) is 53.0 Å². The highest BCUT2D eigenvalue weighted by molar-refractivity contribution is 6.27. The monoisotopic (exact) mass is 613 g/mol. The predicted molar refractivity (Wildman–Crippen MR) is 157 cm³/mol. The van der Waals surface area contributed by atoms with Crippen molar-refractivity contribution < 1.29 is 32.3 Å². The zero-order valence-electron chi connectivity index (χ0n) is 24.4. The molecule has 9 heteroatoms. The molecule has 3 aromatic carbocycles. The van der Waals surface area contributed by atoms with E-state index in [2.05, 4.69) is 20.8 Å². The summed E-state index contributed by atoms with van der Waals surface area (Å²) in [6.07, 6.45) is -3.06. The first-order valence-corrected chi connectivity index (χ1v) is 14.4. The molecule has 228 valence electrons. The molecule has 0 N–H and O–H groups in total. The van der Waals surface area contributed by atoms with Gasteiger partial charge in [0.25, 0.3) is 0 Å². The molecule has 0 aromatic heterocycles. The van der Waals surface area contributed by atoms with E-state index in [-0.39, 0.29) is 48.0 Å². The summed E-state index contributed by atoms with van der Waals surface area (Å²) in [4.78, 5) is 45.5. The van der Waals surface area contributed by atoms with Crippen LogP contribution in [0, 0.1) is 11.3 Å². The number of hydrogen-bond donors (Lipinski definition) is 0. The Morgan fingerprint density at radius 2 is 1.35 bits per heavy atom. The molecule has 3 aromatic rings. The minimum Gasteiger partial charge on any atom is -0.325 e. The van der Waals surface area contributed by atoms with E-state index in [9.17, 15) is 22.8 Å². The molecule has 0 heterocycles. The quantitative estimate of drug-likeness (QED) is 0.232. The molecule has 0 bridgehead atoms. The highest BCUT2D eigenvalue weighted by Gasteiger charge is 2.57. The van der Waals surface area contributed by atoms with Crippen molar-refractivity contribution in [3.05, 3.63) is 107 Å². The van der Waals surface area contributed by atoms with Gasteiger partial charge in [-0.25, -0.2) is 0 Å². The number of benzene rings is 3. The number of Topliss-reactive ketones (excluding diaryl/α,β-unsaturated/α-hetero) is 1. The second kappa shape index (κ2) is 14.2. The fraction of sp³-hybridized carbons (Fsp3) is 0.382. The van der Waals surface area contributed by atoms with Gasteiger partial charge < -0.3 is 4.90 Å². The van der Waals surface area contributed by atoms with Crippen LogP contribution in [0.25, 0.3) is 0 Å². The minimum atomic E-state index is -4.46. The van der Waals surface area contributed by atoms with Gasteiger partial charge >= 0.3 is 12.3 Å². The van der Waals surface area contributed by atoms with Crippen molar-refractivity contribution in [1.82, 2.24) is 4.90 Å².